The normalized spacial score (nSPS) is 16.4. The Bertz CT molecular complexity index is 719. The lowest BCUT2D eigenvalue weighted by molar-refractivity contribution is 0.478. The molecule has 0 aliphatic carbocycles. The first-order valence-corrected chi connectivity index (χ1v) is 7.41. The molecule has 0 amide bonds. The number of hydrogen-bond acceptors (Lipinski definition) is 5. The van der Waals surface area contributed by atoms with E-state index in [2.05, 4.69) is 34.0 Å². The third-order valence-corrected chi connectivity index (χ3v) is 3.57. The van der Waals surface area contributed by atoms with Gasteiger partial charge in [0.15, 0.2) is 0 Å². The van der Waals surface area contributed by atoms with E-state index in [0.717, 1.165) is 11.3 Å². The summed E-state index contributed by atoms with van der Waals surface area (Å²) in [7, 11) is 0. The number of nitrogens with zero attached hydrogens (tertiary/aromatic N) is 2. The van der Waals surface area contributed by atoms with E-state index < -0.39 is 0 Å². The smallest absolute Gasteiger partial charge is 0.147 e. The third kappa shape index (κ3) is 3.77. The highest BCUT2D eigenvalue weighted by Gasteiger charge is 2.08. The quantitative estimate of drug-likeness (QED) is 0.862. The average molecular weight is 295 g/mol. The van der Waals surface area contributed by atoms with Gasteiger partial charge in [0.25, 0.3) is 0 Å². The molecule has 2 aromatic heterocycles. The van der Waals surface area contributed by atoms with Crippen molar-refractivity contribution in [2.24, 2.45) is 0 Å². The van der Waals surface area contributed by atoms with E-state index in [4.69, 9.17) is 4.74 Å². The lowest BCUT2D eigenvalue weighted by Gasteiger charge is -2.04. The molecule has 0 saturated carbocycles. The standard InChI is InChI=1S/C16H13N3OS/c1-12-19-14(11-21-12)5-4-13-7-16(10-18-8-13)20-15-3-2-6-17-9-15/h2-3,6-12,19H,1H3. The summed E-state index contributed by atoms with van der Waals surface area (Å²) in [5.74, 6) is 7.49. The average Bonchev–Trinajstić information content (AvgIpc) is 2.92. The maximum Gasteiger partial charge on any atom is 0.147 e. The second kappa shape index (κ2) is 6.33. The predicted molar refractivity (Wildman–Crippen MR) is 83.7 cm³/mol. The van der Waals surface area contributed by atoms with Crippen molar-refractivity contribution >= 4 is 11.8 Å². The molecule has 104 valence electrons. The zero-order valence-electron chi connectivity index (χ0n) is 11.4. The molecule has 2 aromatic rings. The highest BCUT2D eigenvalue weighted by Crippen LogP contribution is 2.21. The summed E-state index contributed by atoms with van der Waals surface area (Å²) < 4.78 is 5.68. The molecule has 1 unspecified atom stereocenters. The number of rotatable bonds is 2. The molecule has 0 radical (unpaired) electrons. The molecule has 4 nitrogen and oxygen atoms in total. The maximum atomic E-state index is 5.68. The van der Waals surface area contributed by atoms with Crippen molar-refractivity contribution in [1.29, 1.82) is 0 Å². The SMILES string of the molecule is CC1NC(C#Cc2cncc(Oc3cccnc3)c2)=CS1. The van der Waals surface area contributed by atoms with E-state index in [1.165, 1.54) is 0 Å². The first kappa shape index (κ1) is 13.5. The fraction of sp³-hybridized carbons (Fsp3) is 0.125. The Hall–Kier alpha value is -2.45. The van der Waals surface area contributed by atoms with Gasteiger partial charge in [-0.05, 0) is 31.0 Å². The Morgan fingerprint density at radius 1 is 1.19 bits per heavy atom. The maximum absolute atomic E-state index is 5.68. The number of ether oxygens (including phenoxy) is 1. The van der Waals surface area contributed by atoms with Crippen LogP contribution in [0.25, 0.3) is 0 Å². The zero-order chi connectivity index (χ0) is 14.5. The second-order valence-corrected chi connectivity index (χ2v) is 5.62. The van der Waals surface area contributed by atoms with Crippen LogP contribution in [0.5, 0.6) is 11.5 Å². The largest absolute Gasteiger partial charge is 0.454 e. The van der Waals surface area contributed by atoms with Gasteiger partial charge in [0, 0.05) is 23.4 Å². The highest BCUT2D eigenvalue weighted by molar-refractivity contribution is 8.02. The van der Waals surface area contributed by atoms with E-state index in [1.807, 2.05) is 23.6 Å². The first-order chi connectivity index (χ1) is 10.3. The van der Waals surface area contributed by atoms with Crippen LogP contribution in [0.3, 0.4) is 0 Å². The van der Waals surface area contributed by atoms with Crippen LogP contribution < -0.4 is 10.1 Å². The number of thioether (sulfide) groups is 1. The molecule has 0 aromatic carbocycles. The summed E-state index contributed by atoms with van der Waals surface area (Å²) in [5, 5.41) is 5.68. The minimum atomic E-state index is 0.382. The number of nitrogens with one attached hydrogen (secondary N) is 1. The molecular weight excluding hydrogens is 282 g/mol. The van der Waals surface area contributed by atoms with Crippen LogP contribution in [-0.2, 0) is 0 Å². The van der Waals surface area contributed by atoms with Gasteiger partial charge in [0.1, 0.15) is 11.5 Å². The number of allylic oxidation sites excluding steroid dienone is 1. The molecule has 0 saturated heterocycles. The van der Waals surface area contributed by atoms with Crippen LogP contribution in [0.15, 0.2) is 54.1 Å². The Morgan fingerprint density at radius 2 is 2.10 bits per heavy atom. The molecule has 1 aliphatic rings. The molecule has 0 spiro atoms. The van der Waals surface area contributed by atoms with E-state index in [1.54, 1.807) is 36.5 Å². The molecule has 5 heteroatoms. The van der Waals surface area contributed by atoms with Crippen molar-refractivity contribution in [3.63, 3.8) is 0 Å². The Labute approximate surface area is 127 Å². The van der Waals surface area contributed by atoms with Gasteiger partial charge in [-0.1, -0.05) is 5.92 Å². The Morgan fingerprint density at radius 3 is 2.86 bits per heavy atom. The minimum Gasteiger partial charge on any atom is -0.454 e. The predicted octanol–water partition coefficient (Wildman–Crippen LogP) is 3.14. The lowest BCUT2D eigenvalue weighted by atomic mass is 10.2. The number of hydrogen-bond donors (Lipinski definition) is 1. The Balaban J connectivity index is 1.73. The van der Waals surface area contributed by atoms with Crippen molar-refractivity contribution in [2.75, 3.05) is 0 Å². The monoisotopic (exact) mass is 295 g/mol. The van der Waals surface area contributed by atoms with Gasteiger partial charge in [-0.2, -0.15) is 0 Å². The van der Waals surface area contributed by atoms with E-state index in [0.29, 0.717) is 16.9 Å². The molecule has 0 fully saturated rings. The summed E-state index contributed by atoms with van der Waals surface area (Å²) in [5.41, 5.74) is 1.75. The molecule has 1 atom stereocenters. The van der Waals surface area contributed by atoms with Crippen molar-refractivity contribution in [3.05, 3.63) is 59.7 Å². The molecular formula is C16H13N3OS. The van der Waals surface area contributed by atoms with Gasteiger partial charge in [-0.15, -0.1) is 11.8 Å². The van der Waals surface area contributed by atoms with Crippen molar-refractivity contribution in [3.8, 4) is 23.3 Å². The summed E-state index contributed by atoms with van der Waals surface area (Å²) in [6, 6.07) is 5.53. The van der Waals surface area contributed by atoms with E-state index >= 15 is 0 Å². The summed E-state index contributed by atoms with van der Waals surface area (Å²) >= 11 is 1.72. The molecule has 3 heterocycles. The van der Waals surface area contributed by atoms with Crippen LogP contribution in [0, 0.1) is 11.8 Å². The molecule has 21 heavy (non-hydrogen) atoms. The summed E-state index contributed by atoms with van der Waals surface area (Å²) in [6.07, 6.45) is 6.73. The first-order valence-electron chi connectivity index (χ1n) is 6.47. The van der Waals surface area contributed by atoms with Crippen molar-refractivity contribution < 1.29 is 4.74 Å². The highest BCUT2D eigenvalue weighted by atomic mass is 32.2. The zero-order valence-corrected chi connectivity index (χ0v) is 12.2. The fourth-order valence-corrected chi connectivity index (χ4v) is 2.41. The fourth-order valence-electron chi connectivity index (χ4n) is 1.75. The van der Waals surface area contributed by atoms with E-state index in [-0.39, 0.29) is 0 Å². The molecule has 1 aliphatic heterocycles. The van der Waals surface area contributed by atoms with Crippen LogP contribution in [-0.4, -0.2) is 15.3 Å². The number of pyridine rings is 2. The summed E-state index contributed by atoms with van der Waals surface area (Å²) in [6.45, 7) is 2.10. The van der Waals surface area contributed by atoms with Gasteiger partial charge in [-0.25, -0.2) is 0 Å². The topological polar surface area (TPSA) is 47.0 Å². The molecule has 0 bridgehead atoms. The van der Waals surface area contributed by atoms with Gasteiger partial charge in [0.05, 0.1) is 23.5 Å². The van der Waals surface area contributed by atoms with Crippen LogP contribution in [0.2, 0.25) is 0 Å². The lowest BCUT2D eigenvalue weighted by Crippen LogP contribution is -2.15. The van der Waals surface area contributed by atoms with Crippen LogP contribution >= 0.6 is 11.8 Å². The van der Waals surface area contributed by atoms with Crippen LogP contribution in [0.4, 0.5) is 0 Å². The van der Waals surface area contributed by atoms with E-state index in [9.17, 15) is 0 Å². The van der Waals surface area contributed by atoms with Gasteiger partial charge in [0.2, 0.25) is 0 Å². The van der Waals surface area contributed by atoms with Crippen molar-refractivity contribution in [2.45, 2.75) is 12.3 Å². The van der Waals surface area contributed by atoms with Crippen molar-refractivity contribution in [1.82, 2.24) is 15.3 Å². The molecule has 1 N–H and O–H groups in total. The van der Waals surface area contributed by atoms with Gasteiger partial charge < -0.3 is 10.1 Å². The van der Waals surface area contributed by atoms with Crippen LogP contribution in [0.1, 0.15) is 12.5 Å². The second-order valence-electron chi connectivity index (χ2n) is 4.40. The number of aromatic nitrogens is 2. The third-order valence-electron chi connectivity index (χ3n) is 2.67. The summed E-state index contributed by atoms with van der Waals surface area (Å²) in [4.78, 5) is 8.16. The Kier molecular flexibility index (Phi) is 4.08. The molecule has 3 rings (SSSR count). The minimum absolute atomic E-state index is 0.382. The van der Waals surface area contributed by atoms with Gasteiger partial charge in [-0.3, -0.25) is 9.97 Å². The van der Waals surface area contributed by atoms with Gasteiger partial charge >= 0.3 is 0 Å².